The number of primary amides is 1. The fourth-order valence-corrected chi connectivity index (χ4v) is 2.38. The Morgan fingerprint density at radius 1 is 1.44 bits per heavy atom. The minimum atomic E-state index is -0.240. The molecule has 0 bridgehead atoms. The third-order valence-electron chi connectivity index (χ3n) is 3.38. The van der Waals surface area contributed by atoms with Gasteiger partial charge in [0.2, 0.25) is 5.91 Å². The fourth-order valence-electron chi connectivity index (χ4n) is 2.38. The van der Waals surface area contributed by atoms with Crippen molar-refractivity contribution in [2.45, 2.75) is 12.8 Å². The molecule has 1 unspecified atom stereocenters. The van der Waals surface area contributed by atoms with Crippen LogP contribution in [0.25, 0.3) is 11.1 Å². The summed E-state index contributed by atoms with van der Waals surface area (Å²) in [6, 6.07) is 8.23. The number of hydrogen-bond donors (Lipinski definition) is 1. The Morgan fingerprint density at radius 2 is 2.28 bits per heavy atom. The smallest absolute Gasteiger partial charge is 0.298 e. The van der Waals surface area contributed by atoms with Gasteiger partial charge in [-0.15, -0.1) is 0 Å². The maximum Gasteiger partial charge on any atom is 0.298 e. The SMILES string of the molecule is NC(=O)C1CCCN(c2nc3ccccc3o2)C1. The molecule has 5 nitrogen and oxygen atoms in total. The van der Waals surface area contributed by atoms with Crippen LogP contribution < -0.4 is 10.6 Å². The Hall–Kier alpha value is -2.04. The molecule has 1 atom stereocenters. The standard InChI is InChI=1S/C13H15N3O2/c14-12(17)9-4-3-7-16(8-9)13-15-10-5-1-2-6-11(10)18-13/h1-2,5-6,9H,3-4,7-8H2,(H2,14,17). The van der Waals surface area contributed by atoms with E-state index >= 15 is 0 Å². The fraction of sp³-hybridized carbons (Fsp3) is 0.385. The van der Waals surface area contributed by atoms with Gasteiger partial charge in [0.25, 0.3) is 6.01 Å². The summed E-state index contributed by atoms with van der Waals surface area (Å²) < 4.78 is 5.70. The van der Waals surface area contributed by atoms with Crippen molar-refractivity contribution in [2.75, 3.05) is 18.0 Å². The van der Waals surface area contributed by atoms with Crippen molar-refractivity contribution in [3.63, 3.8) is 0 Å². The second kappa shape index (κ2) is 4.33. The summed E-state index contributed by atoms with van der Waals surface area (Å²) in [5.41, 5.74) is 6.98. The molecule has 1 aromatic heterocycles. The second-order valence-corrected chi connectivity index (χ2v) is 4.65. The number of hydrogen-bond acceptors (Lipinski definition) is 4. The van der Waals surface area contributed by atoms with Crippen LogP contribution >= 0.6 is 0 Å². The van der Waals surface area contributed by atoms with E-state index in [2.05, 4.69) is 4.98 Å². The summed E-state index contributed by atoms with van der Waals surface area (Å²) in [5.74, 6) is -0.343. The molecule has 94 valence electrons. The van der Waals surface area contributed by atoms with Gasteiger partial charge >= 0.3 is 0 Å². The molecule has 1 aromatic carbocycles. The number of carbonyl (C=O) groups excluding carboxylic acids is 1. The quantitative estimate of drug-likeness (QED) is 0.870. The van der Waals surface area contributed by atoms with Crippen LogP contribution in [0.1, 0.15) is 12.8 Å². The molecule has 0 saturated carbocycles. The van der Waals surface area contributed by atoms with E-state index in [1.165, 1.54) is 0 Å². The zero-order valence-electron chi connectivity index (χ0n) is 10.0. The molecular formula is C13H15N3O2. The van der Waals surface area contributed by atoms with Gasteiger partial charge in [0.05, 0.1) is 5.92 Å². The molecule has 3 rings (SSSR count). The largest absolute Gasteiger partial charge is 0.423 e. The third-order valence-corrected chi connectivity index (χ3v) is 3.38. The molecule has 0 radical (unpaired) electrons. The monoisotopic (exact) mass is 245 g/mol. The Balaban J connectivity index is 1.87. The number of nitrogens with two attached hydrogens (primary N) is 1. The van der Waals surface area contributed by atoms with Gasteiger partial charge in [0.15, 0.2) is 5.58 Å². The number of rotatable bonds is 2. The molecule has 0 spiro atoms. The zero-order valence-corrected chi connectivity index (χ0v) is 10.0. The lowest BCUT2D eigenvalue weighted by Gasteiger charge is -2.29. The molecule has 1 fully saturated rings. The summed E-state index contributed by atoms with van der Waals surface area (Å²) >= 11 is 0. The lowest BCUT2D eigenvalue weighted by molar-refractivity contribution is -0.122. The Bertz CT molecular complexity index is 545. The topological polar surface area (TPSA) is 72.4 Å². The van der Waals surface area contributed by atoms with E-state index in [0.717, 1.165) is 30.5 Å². The number of nitrogens with zero attached hydrogens (tertiary/aromatic N) is 2. The predicted molar refractivity (Wildman–Crippen MR) is 68.1 cm³/mol. The van der Waals surface area contributed by atoms with Gasteiger partial charge in [0.1, 0.15) is 5.52 Å². The van der Waals surface area contributed by atoms with Gasteiger partial charge in [-0.1, -0.05) is 12.1 Å². The van der Waals surface area contributed by atoms with E-state index in [-0.39, 0.29) is 11.8 Å². The molecule has 2 aromatic rings. The summed E-state index contributed by atoms with van der Waals surface area (Å²) in [7, 11) is 0. The number of anilines is 1. The lowest BCUT2D eigenvalue weighted by Crippen LogP contribution is -2.41. The minimum absolute atomic E-state index is 0.103. The number of para-hydroxylation sites is 2. The number of fused-ring (bicyclic) bond motifs is 1. The molecule has 1 saturated heterocycles. The van der Waals surface area contributed by atoms with Crippen molar-refractivity contribution in [2.24, 2.45) is 11.7 Å². The molecule has 2 heterocycles. The van der Waals surface area contributed by atoms with Crippen molar-refractivity contribution in [3.8, 4) is 0 Å². The van der Waals surface area contributed by atoms with E-state index in [0.29, 0.717) is 12.6 Å². The number of piperidine rings is 1. The first kappa shape index (κ1) is 11.1. The molecule has 2 N–H and O–H groups in total. The van der Waals surface area contributed by atoms with Gasteiger partial charge in [-0.05, 0) is 25.0 Å². The van der Waals surface area contributed by atoms with Crippen molar-refractivity contribution in [3.05, 3.63) is 24.3 Å². The van der Waals surface area contributed by atoms with E-state index in [1.54, 1.807) is 0 Å². The minimum Gasteiger partial charge on any atom is -0.423 e. The molecule has 1 aliphatic heterocycles. The van der Waals surface area contributed by atoms with Gasteiger partial charge in [-0.2, -0.15) is 4.98 Å². The van der Waals surface area contributed by atoms with Crippen LogP contribution in [-0.4, -0.2) is 24.0 Å². The molecule has 0 aliphatic carbocycles. The van der Waals surface area contributed by atoms with E-state index in [4.69, 9.17) is 10.2 Å². The number of carbonyl (C=O) groups is 1. The van der Waals surface area contributed by atoms with Crippen LogP contribution in [0.2, 0.25) is 0 Å². The first-order chi connectivity index (χ1) is 8.74. The number of amides is 1. The molecule has 18 heavy (non-hydrogen) atoms. The third kappa shape index (κ3) is 1.92. The Morgan fingerprint density at radius 3 is 3.06 bits per heavy atom. The van der Waals surface area contributed by atoms with E-state index < -0.39 is 0 Å². The molecular weight excluding hydrogens is 230 g/mol. The first-order valence-electron chi connectivity index (χ1n) is 6.14. The van der Waals surface area contributed by atoms with E-state index in [9.17, 15) is 4.79 Å². The normalized spacial score (nSPS) is 20.2. The predicted octanol–water partition coefficient (Wildman–Crippen LogP) is 1.53. The summed E-state index contributed by atoms with van der Waals surface area (Å²) in [6.07, 6.45) is 1.79. The average molecular weight is 245 g/mol. The van der Waals surface area contributed by atoms with Crippen LogP contribution in [0, 0.1) is 5.92 Å². The summed E-state index contributed by atoms with van der Waals surface area (Å²) in [6.45, 7) is 1.46. The van der Waals surface area contributed by atoms with Crippen molar-refractivity contribution < 1.29 is 9.21 Å². The van der Waals surface area contributed by atoms with Crippen LogP contribution in [-0.2, 0) is 4.79 Å². The number of aromatic nitrogens is 1. The Kier molecular flexibility index (Phi) is 2.66. The summed E-state index contributed by atoms with van der Waals surface area (Å²) in [4.78, 5) is 17.7. The molecule has 1 amide bonds. The molecule has 5 heteroatoms. The highest BCUT2D eigenvalue weighted by atomic mass is 16.4. The maximum atomic E-state index is 11.2. The van der Waals surface area contributed by atoms with Crippen LogP contribution in [0.3, 0.4) is 0 Å². The van der Waals surface area contributed by atoms with Gasteiger partial charge in [-0.3, -0.25) is 4.79 Å². The van der Waals surface area contributed by atoms with Gasteiger partial charge < -0.3 is 15.1 Å². The average Bonchev–Trinajstić information content (AvgIpc) is 2.82. The maximum absolute atomic E-state index is 11.2. The summed E-state index contributed by atoms with van der Waals surface area (Å²) in [5, 5.41) is 0. The highest BCUT2D eigenvalue weighted by Crippen LogP contribution is 2.26. The van der Waals surface area contributed by atoms with Crippen LogP contribution in [0.15, 0.2) is 28.7 Å². The van der Waals surface area contributed by atoms with Gasteiger partial charge in [-0.25, -0.2) is 0 Å². The van der Waals surface area contributed by atoms with E-state index in [1.807, 2.05) is 29.2 Å². The Labute approximate surface area is 105 Å². The zero-order chi connectivity index (χ0) is 12.5. The van der Waals surface area contributed by atoms with Crippen LogP contribution in [0.4, 0.5) is 6.01 Å². The second-order valence-electron chi connectivity index (χ2n) is 4.65. The highest BCUT2D eigenvalue weighted by molar-refractivity contribution is 5.78. The number of benzene rings is 1. The van der Waals surface area contributed by atoms with Crippen molar-refractivity contribution in [1.82, 2.24) is 4.98 Å². The first-order valence-corrected chi connectivity index (χ1v) is 6.14. The molecule has 1 aliphatic rings. The number of oxazole rings is 1. The van der Waals surface area contributed by atoms with Crippen molar-refractivity contribution >= 4 is 23.0 Å². The van der Waals surface area contributed by atoms with Crippen LogP contribution in [0.5, 0.6) is 0 Å². The highest BCUT2D eigenvalue weighted by Gasteiger charge is 2.26. The van der Waals surface area contributed by atoms with Crippen molar-refractivity contribution in [1.29, 1.82) is 0 Å². The lowest BCUT2D eigenvalue weighted by atomic mass is 9.98. The van der Waals surface area contributed by atoms with Gasteiger partial charge in [0, 0.05) is 13.1 Å².